The van der Waals surface area contributed by atoms with Gasteiger partial charge in [0.2, 0.25) is 29.5 Å². The van der Waals surface area contributed by atoms with Gasteiger partial charge in [-0.3, -0.25) is 33.8 Å². The van der Waals surface area contributed by atoms with Crippen molar-refractivity contribution in [2.45, 2.75) is 193 Å². The number of morpholine rings is 3. The molecule has 5 fully saturated rings. The highest BCUT2D eigenvalue weighted by Gasteiger charge is 2.43. The van der Waals surface area contributed by atoms with E-state index in [0.29, 0.717) is 148 Å². The normalized spacial score (nSPS) is 18.0. The molecule has 668 valence electrons. The minimum Gasteiger partial charge on any atom is -0.477 e. The number of nitrogens with one attached hydrogen (secondary N) is 1. The number of rotatable bonds is 24. The van der Waals surface area contributed by atoms with Crippen molar-refractivity contribution < 1.29 is 90.9 Å². The van der Waals surface area contributed by atoms with E-state index < -0.39 is 36.0 Å². The van der Waals surface area contributed by atoms with Crippen LogP contribution in [0.1, 0.15) is 233 Å². The first kappa shape index (κ1) is 104. The number of ether oxygens (including phenoxy) is 9. The van der Waals surface area contributed by atoms with Crippen molar-refractivity contribution in [1.29, 1.82) is 0 Å². The molecule has 7 heterocycles. The van der Waals surface area contributed by atoms with E-state index in [4.69, 9.17) is 37.9 Å². The summed E-state index contributed by atoms with van der Waals surface area (Å²) in [4.78, 5) is 131. The maximum absolute atomic E-state index is 14.3. The summed E-state index contributed by atoms with van der Waals surface area (Å²) in [5.74, 6) is 22.5. The molecule has 5 aliphatic rings. The number of anilines is 3. The van der Waals surface area contributed by atoms with Gasteiger partial charge >= 0.3 is 23.9 Å². The number of thiophene rings is 4. The van der Waals surface area contributed by atoms with Crippen LogP contribution in [0, 0.1) is 92.7 Å². The largest absolute Gasteiger partial charge is 0.477 e. The minimum absolute atomic E-state index is 0. The standard InChI is InChI=1S/C29H42N2O6S.C28H40N2O6S.C21H30N2O5S.C12H13BrO2S.CH4/c1-20-7-9-21(10-8-20)26(32)31(23(12-16-35-5)27(33)30-14-17-37-18-15-30)24-19-22(11-13-29(2,3)4)38-25(24)28(34)36-6;1-19-6-8-20(9-7-19)25(31)30(22(11-15-35-5)26(32)29-13-16-36-17-14-29)23-18-21(10-12-28(2,3)4)37-24(23)27(33)34;1-21(2,3)8-6-15-14-17(18(29-15)20(25)27-5)22-16(7-11-26-4)19(24)23-9-12-28-13-10-23;1-12(2,3)6-5-8-7-9(13)10(16-8)11(14)15-4;/h19-21,23H,7-10,12,14-18H2,1-6H3;18-20,22H,6-9,11,13-17H2,1-5H3,(H,33,34);14,16,22H,7,9-13H2,1-5H3;7H,1-4H3;1H4/t20?,21?,23-;19?,20?,22-;16-;;/m000../s1. The zero-order valence-corrected chi connectivity index (χ0v) is 78.6. The molecular weight excluding hydrogens is 1690 g/mol. The molecule has 30 heteroatoms. The van der Waals surface area contributed by atoms with Gasteiger partial charge in [0.25, 0.3) is 0 Å². The molecule has 0 aromatic carbocycles. The number of carbonyl (C=O) groups excluding carboxylic acids is 8. The lowest BCUT2D eigenvalue weighted by atomic mass is 9.82. The second-order valence-electron chi connectivity index (χ2n) is 34.3. The van der Waals surface area contributed by atoms with Crippen LogP contribution in [0.5, 0.6) is 0 Å². The van der Waals surface area contributed by atoms with E-state index in [1.54, 1.807) is 53.1 Å². The topological polar surface area (TPSA) is 285 Å². The maximum Gasteiger partial charge on any atom is 0.350 e. The summed E-state index contributed by atoms with van der Waals surface area (Å²) in [5.41, 5.74) is 0.501. The number of methoxy groups -OCH3 is 6. The molecule has 5 amide bonds. The van der Waals surface area contributed by atoms with Crippen molar-refractivity contribution in [3.8, 4) is 47.4 Å². The Bertz CT molecular complexity index is 4360. The summed E-state index contributed by atoms with van der Waals surface area (Å²) in [5, 5.41) is 13.4. The Hall–Kier alpha value is -7.69. The lowest BCUT2D eigenvalue weighted by Crippen LogP contribution is -2.55. The average Bonchev–Trinajstić information content (AvgIpc) is 1.70. The molecule has 4 aromatic rings. The van der Waals surface area contributed by atoms with Gasteiger partial charge in [-0.15, -0.1) is 45.3 Å². The SMILES string of the molecule is C.COC(=O)c1sc(C#CC(C)(C)C)cc1Br.COCC[C@@H](C(=O)N1CCOCC1)N(C(=O)C1CCC(C)CC1)c1cc(C#CC(C)(C)C)sc1C(=O)O.COCC[C@@H](C(=O)N1CCOCC1)N(C(=O)C1CCC(C)CC1)c1cc(C#CC(C)(C)C)sc1C(=O)OC.COCC[C@H](Nc1cc(C#CC(C)(C)C)sc1C(=O)OC)C(=O)N1CCOCC1. The molecule has 2 aliphatic carbocycles. The first-order valence-electron chi connectivity index (χ1n) is 41.0. The van der Waals surface area contributed by atoms with Gasteiger partial charge in [0.15, 0.2) is 0 Å². The monoisotopic (exact) mass is 1820 g/mol. The van der Waals surface area contributed by atoms with Crippen molar-refractivity contribution >= 4 is 132 Å². The summed E-state index contributed by atoms with van der Waals surface area (Å²) < 4.78 is 47.5. The lowest BCUT2D eigenvalue weighted by molar-refractivity contribution is -0.139. The third-order valence-corrected chi connectivity index (χ3v) is 24.7. The van der Waals surface area contributed by atoms with E-state index in [-0.39, 0.29) is 105 Å². The van der Waals surface area contributed by atoms with Crippen molar-refractivity contribution in [1.82, 2.24) is 14.7 Å². The van der Waals surface area contributed by atoms with Gasteiger partial charge in [-0.05, 0) is 193 Å². The van der Waals surface area contributed by atoms with Crippen LogP contribution in [0.15, 0.2) is 28.7 Å². The summed E-state index contributed by atoms with van der Waals surface area (Å²) in [6, 6.07) is 4.88. The fourth-order valence-corrected chi connectivity index (χ4v) is 17.5. The number of esters is 3. The Morgan fingerprint density at radius 3 is 1.12 bits per heavy atom. The first-order valence-corrected chi connectivity index (χ1v) is 45.0. The van der Waals surface area contributed by atoms with Crippen LogP contribution >= 0.6 is 61.3 Å². The molecular formula is C91H129BrN6O19S4. The van der Waals surface area contributed by atoms with Crippen LogP contribution in [0.3, 0.4) is 0 Å². The number of halogens is 1. The van der Waals surface area contributed by atoms with Gasteiger partial charge in [0.1, 0.15) is 37.6 Å². The number of carboxylic acid groups (broad SMARTS) is 1. The maximum atomic E-state index is 14.3. The molecule has 2 saturated carbocycles. The molecule has 4 aromatic heterocycles. The lowest BCUT2D eigenvalue weighted by Gasteiger charge is -2.38. The van der Waals surface area contributed by atoms with Gasteiger partial charge in [-0.2, -0.15) is 0 Å². The molecule has 2 N–H and O–H groups in total. The van der Waals surface area contributed by atoms with Crippen molar-refractivity contribution in [3.05, 3.63) is 67.8 Å². The van der Waals surface area contributed by atoms with E-state index >= 15 is 0 Å². The van der Waals surface area contributed by atoms with E-state index in [0.717, 1.165) is 76.9 Å². The zero-order valence-electron chi connectivity index (χ0n) is 73.8. The van der Waals surface area contributed by atoms with Crippen LogP contribution < -0.4 is 15.1 Å². The Labute approximate surface area is 742 Å². The molecule has 25 nitrogen and oxygen atoms in total. The smallest absolute Gasteiger partial charge is 0.350 e. The van der Waals surface area contributed by atoms with Crippen LogP contribution in [0.2, 0.25) is 0 Å². The van der Waals surface area contributed by atoms with Gasteiger partial charge < -0.3 is 67.8 Å². The number of carboxylic acids is 1. The Balaban J connectivity index is 0.000000297. The third kappa shape index (κ3) is 33.4. The number of hydrogen-bond acceptors (Lipinski definition) is 23. The fraction of sp³-hybridized carbons (Fsp3) is 0.637. The zero-order chi connectivity index (χ0) is 88.8. The van der Waals surface area contributed by atoms with Gasteiger partial charge in [0, 0.05) is 131 Å². The fourth-order valence-electron chi connectivity index (χ4n) is 13.2. The van der Waals surface area contributed by atoms with Gasteiger partial charge in [-0.25, -0.2) is 19.2 Å². The molecule has 0 unspecified atom stereocenters. The van der Waals surface area contributed by atoms with Crippen LogP contribution in [-0.4, -0.2) is 233 Å². The van der Waals surface area contributed by atoms with E-state index in [9.17, 15) is 48.3 Å². The highest BCUT2D eigenvalue weighted by Crippen LogP contribution is 2.41. The molecule has 3 saturated heterocycles. The highest BCUT2D eigenvalue weighted by molar-refractivity contribution is 9.10. The van der Waals surface area contributed by atoms with Crippen molar-refractivity contribution in [2.24, 2.45) is 45.3 Å². The number of nitrogens with zero attached hydrogens (tertiary/aromatic N) is 5. The van der Waals surface area contributed by atoms with Crippen LogP contribution in [-0.2, 0) is 66.6 Å². The number of hydrogen-bond donors (Lipinski definition) is 2. The Morgan fingerprint density at radius 2 is 0.760 bits per heavy atom. The molecule has 121 heavy (non-hydrogen) atoms. The molecule has 3 aliphatic heterocycles. The predicted molar refractivity (Wildman–Crippen MR) is 482 cm³/mol. The highest BCUT2D eigenvalue weighted by atomic mass is 79.9. The Morgan fingerprint density at radius 1 is 0.455 bits per heavy atom. The second kappa shape index (κ2) is 49.7. The molecule has 0 bridgehead atoms. The van der Waals surface area contributed by atoms with Gasteiger partial charge in [-0.1, -0.05) is 68.6 Å². The minimum atomic E-state index is -1.14. The quantitative estimate of drug-likeness (QED) is 0.0374. The van der Waals surface area contributed by atoms with E-state index in [1.165, 1.54) is 60.2 Å². The molecule has 0 radical (unpaired) electrons. The molecule has 3 atom stereocenters. The third-order valence-electron chi connectivity index (χ3n) is 19.7. The van der Waals surface area contributed by atoms with Crippen molar-refractivity contribution in [3.63, 3.8) is 0 Å². The summed E-state index contributed by atoms with van der Waals surface area (Å²) in [6.07, 6.45) is 7.80. The van der Waals surface area contributed by atoms with Crippen molar-refractivity contribution in [2.75, 3.05) is 157 Å². The van der Waals surface area contributed by atoms with E-state index in [2.05, 4.69) is 87.2 Å². The van der Waals surface area contributed by atoms with Crippen LogP contribution in [0.4, 0.5) is 17.1 Å². The molecule has 0 spiro atoms. The number of aromatic carboxylic acids is 1. The van der Waals surface area contributed by atoms with E-state index in [1.807, 2.05) is 95.2 Å². The van der Waals surface area contributed by atoms with Gasteiger partial charge in [0.05, 0.1) is 97.5 Å². The molecule has 9 rings (SSSR count). The van der Waals surface area contributed by atoms with Crippen LogP contribution in [0.25, 0.3) is 0 Å². The summed E-state index contributed by atoms with van der Waals surface area (Å²) in [6.45, 7) is 35.3. The first-order chi connectivity index (χ1) is 56.6. The predicted octanol–water partition coefficient (Wildman–Crippen LogP) is 15.6. The number of carbonyl (C=O) groups is 9. The summed E-state index contributed by atoms with van der Waals surface area (Å²) in [7, 11) is 8.76. The second-order valence-corrected chi connectivity index (χ2v) is 39.4. The Kier molecular flexibility index (Phi) is 42.7. The summed E-state index contributed by atoms with van der Waals surface area (Å²) >= 11 is 8.16. The number of amides is 5. The average molecular weight is 1820 g/mol.